The summed E-state index contributed by atoms with van der Waals surface area (Å²) in [5.41, 5.74) is -0.696. The number of alkyl halides is 3. The van der Waals surface area contributed by atoms with Gasteiger partial charge in [-0.1, -0.05) is 20.8 Å². The van der Waals surface area contributed by atoms with Crippen molar-refractivity contribution in [1.29, 1.82) is 0 Å². The second-order valence-corrected chi connectivity index (χ2v) is 4.78. The maximum Gasteiger partial charge on any atom is 0.405 e. The van der Waals surface area contributed by atoms with Gasteiger partial charge in [-0.25, -0.2) is 0 Å². The van der Waals surface area contributed by atoms with Crippen molar-refractivity contribution in [2.75, 3.05) is 6.54 Å². The highest BCUT2D eigenvalue weighted by atomic mass is 19.4. The van der Waals surface area contributed by atoms with Gasteiger partial charge in [0.2, 0.25) is 11.8 Å². The molecule has 100 valence electrons. The predicted octanol–water partition coefficient (Wildman–Crippen LogP) is 1.22. The van der Waals surface area contributed by atoms with Gasteiger partial charge in [-0.15, -0.1) is 0 Å². The van der Waals surface area contributed by atoms with Crippen LogP contribution in [0.25, 0.3) is 0 Å². The fourth-order valence-electron chi connectivity index (χ4n) is 0.819. The summed E-state index contributed by atoms with van der Waals surface area (Å²) >= 11 is 0. The quantitative estimate of drug-likeness (QED) is 0.795. The van der Waals surface area contributed by atoms with Crippen LogP contribution < -0.4 is 10.6 Å². The fourth-order valence-corrected chi connectivity index (χ4v) is 0.819. The molecule has 0 radical (unpaired) electrons. The standard InChI is InChI=1S/C10H17F3N2O2/c1-6(15-8(17)9(2,3)4)7(16)14-5-10(11,12)13/h6H,5H2,1-4H3,(H,14,16)(H,15,17). The SMILES string of the molecule is CC(NC(=O)C(C)(C)C)C(=O)NCC(F)(F)F. The summed E-state index contributed by atoms with van der Waals surface area (Å²) in [6.45, 7) is 4.85. The fraction of sp³-hybridized carbons (Fsp3) is 0.800. The van der Waals surface area contributed by atoms with Gasteiger partial charge in [0.15, 0.2) is 0 Å². The van der Waals surface area contributed by atoms with Crippen molar-refractivity contribution in [3.63, 3.8) is 0 Å². The first-order valence-corrected chi connectivity index (χ1v) is 5.09. The summed E-state index contributed by atoms with van der Waals surface area (Å²) in [5, 5.41) is 4.04. The van der Waals surface area contributed by atoms with E-state index in [9.17, 15) is 22.8 Å². The first-order valence-electron chi connectivity index (χ1n) is 5.09. The van der Waals surface area contributed by atoms with Crippen molar-refractivity contribution in [2.24, 2.45) is 5.41 Å². The lowest BCUT2D eigenvalue weighted by Gasteiger charge is -2.21. The van der Waals surface area contributed by atoms with E-state index in [1.165, 1.54) is 6.92 Å². The number of halogens is 3. The second-order valence-electron chi connectivity index (χ2n) is 4.78. The molecule has 0 saturated carbocycles. The van der Waals surface area contributed by atoms with Crippen molar-refractivity contribution in [3.8, 4) is 0 Å². The van der Waals surface area contributed by atoms with E-state index in [1.807, 2.05) is 0 Å². The molecule has 0 bridgehead atoms. The van der Waals surface area contributed by atoms with Crippen LogP contribution in [0.2, 0.25) is 0 Å². The van der Waals surface area contributed by atoms with Crippen molar-refractivity contribution in [1.82, 2.24) is 10.6 Å². The van der Waals surface area contributed by atoms with Gasteiger partial charge in [0, 0.05) is 5.41 Å². The van der Waals surface area contributed by atoms with Gasteiger partial charge in [0.05, 0.1) is 0 Å². The zero-order valence-electron chi connectivity index (χ0n) is 10.2. The Morgan fingerprint density at radius 1 is 1.18 bits per heavy atom. The molecule has 0 saturated heterocycles. The number of hydrogen-bond donors (Lipinski definition) is 2. The van der Waals surface area contributed by atoms with Crippen LogP contribution in [0.4, 0.5) is 13.2 Å². The molecule has 2 amide bonds. The van der Waals surface area contributed by atoms with Gasteiger partial charge >= 0.3 is 6.18 Å². The monoisotopic (exact) mass is 254 g/mol. The maximum absolute atomic E-state index is 11.8. The molecule has 0 heterocycles. The van der Waals surface area contributed by atoms with Gasteiger partial charge in [-0.2, -0.15) is 13.2 Å². The largest absolute Gasteiger partial charge is 0.405 e. The van der Waals surface area contributed by atoms with E-state index in [0.29, 0.717) is 0 Å². The van der Waals surface area contributed by atoms with E-state index in [1.54, 1.807) is 26.1 Å². The summed E-state index contributed by atoms with van der Waals surface area (Å²) in [7, 11) is 0. The van der Waals surface area contributed by atoms with Gasteiger partial charge in [-0.05, 0) is 6.92 Å². The lowest BCUT2D eigenvalue weighted by atomic mass is 9.95. The number of carbonyl (C=O) groups excluding carboxylic acids is 2. The number of hydrogen-bond acceptors (Lipinski definition) is 2. The van der Waals surface area contributed by atoms with E-state index >= 15 is 0 Å². The normalized spacial score (nSPS) is 14.1. The van der Waals surface area contributed by atoms with Gasteiger partial charge in [0.25, 0.3) is 0 Å². The van der Waals surface area contributed by atoms with Gasteiger partial charge < -0.3 is 10.6 Å². The van der Waals surface area contributed by atoms with Crippen molar-refractivity contribution in [3.05, 3.63) is 0 Å². The Balaban J connectivity index is 4.20. The number of rotatable bonds is 3. The van der Waals surface area contributed by atoms with Crippen LogP contribution in [0.5, 0.6) is 0 Å². The Morgan fingerprint density at radius 3 is 2.00 bits per heavy atom. The molecule has 0 rings (SSSR count). The van der Waals surface area contributed by atoms with Crippen molar-refractivity contribution in [2.45, 2.75) is 39.9 Å². The topological polar surface area (TPSA) is 58.2 Å². The average Bonchev–Trinajstić information content (AvgIpc) is 2.11. The van der Waals surface area contributed by atoms with Crippen molar-refractivity contribution >= 4 is 11.8 Å². The third kappa shape index (κ3) is 6.80. The lowest BCUT2D eigenvalue weighted by Crippen LogP contribution is -2.49. The molecule has 1 unspecified atom stereocenters. The Bertz CT molecular complexity index is 295. The van der Waals surface area contributed by atoms with Crippen LogP contribution >= 0.6 is 0 Å². The van der Waals surface area contributed by atoms with Crippen LogP contribution in [0.15, 0.2) is 0 Å². The molecule has 0 aromatic rings. The molecule has 17 heavy (non-hydrogen) atoms. The first kappa shape index (κ1) is 15.7. The Labute approximate surface area is 97.9 Å². The number of amides is 2. The van der Waals surface area contributed by atoms with E-state index in [-0.39, 0.29) is 0 Å². The van der Waals surface area contributed by atoms with Crippen LogP contribution in [0.1, 0.15) is 27.7 Å². The second kappa shape index (κ2) is 5.37. The molecule has 7 heteroatoms. The number of carbonyl (C=O) groups is 2. The highest BCUT2D eigenvalue weighted by Crippen LogP contribution is 2.13. The van der Waals surface area contributed by atoms with Gasteiger partial charge in [-0.3, -0.25) is 9.59 Å². The minimum Gasteiger partial charge on any atom is -0.345 e. The molecule has 1 atom stereocenters. The molecular weight excluding hydrogens is 237 g/mol. The zero-order valence-corrected chi connectivity index (χ0v) is 10.2. The molecule has 0 aliphatic heterocycles. The Hall–Kier alpha value is -1.27. The number of nitrogens with one attached hydrogen (secondary N) is 2. The average molecular weight is 254 g/mol. The minimum absolute atomic E-state index is 0.396. The Morgan fingerprint density at radius 2 is 1.65 bits per heavy atom. The molecular formula is C10H17F3N2O2. The highest BCUT2D eigenvalue weighted by molar-refractivity contribution is 5.89. The van der Waals surface area contributed by atoms with E-state index < -0.39 is 36.0 Å². The van der Waals surface area contributed by atoms with E-state index in [0.717, 1.165) is 0 Å². The maximum atomic E-state index is 11.8. The minimum atomic E-state index is -4.45. The molecule has 4 nitrogen and oxygen atoms in total. The van der Waals surface area contributed by atoms with Crippen LogP contribution in [0.3, 0.4) is 0 Å². The van der Waals surface area contributed by atoms with E-state index in [2.05, 4.69) is 5.32 Å². The predicted molar refractivity (Wildman–Crippen MR) is 56.1 cm³/mol. The van der Waals surface area contributed by atoms with Crippen LogP contribution in [-0.2, 0) is 9.59 Å². The molecule has 0 fully saturated rings. The molecule has 0 aromatic carbocycles. The third-order valence-electron chi connectivity index (χ3n) is 1.89. The summed E-state index contributed by atoms with van der Waals surface area (Å²) < 4.78 is 35.5. The molecule has 2 N–H and O–H groups in total. The molecule has 0 aliphatic carbocycles. The molecule has 0 aliphatic rings. The molecule has 0 spiro atoms. The summed E-state index contributed by atoms with van der Waals surface area (Å²) in [6.07, 6.45) is -4.45. The van der Waals surface area contributed by atoms with Crippen LogP contribution in [-0.4, -0.2) is 30.6 Å². The molecule has 0 aromatic heterocycles. The van der Waals surface area contributed by atoms with Crippen molar-refractivity contribution < 1.29 is 22.8 Å². The summed E-state index contributed by atoms with van der Waals surface area (Å²) in [5.74, 6) is -1.26. The third-order valence-corrected chi connectivity index (χ3v) is 1.89. The summed E-state index contributed by atoms with van der Waals surface area (Å²) in [6, 6.07) is -0.996. The van der Waals surface area contributed by atoms with Crippen LogP contribution in [0, 0.1) is 5.41 Å². The Kier molecular flexibility index (Phi) is 4.97. The van der Waals surface area contributed by atoms with E-state index in [4.69, 9.17) is 0 Å². The zero-order chi connectivity index (χ0) is 13.9. The van der Waals surface area contributed by atoms with Gasteiger partial charge in [0.1, 0.15) is 12.6 Å². The smallest absolute Gasteiger partial charge is 0.345 e. The lowest BCUT2D eigenvalue weighted by molar-refractivity contribution is -0.141. The first-order chi connectivity index (χ1) is 7.43. The summed E-state index contributed by atoms with van der Waals surface area (Å²) in [4.78, 5) is 22.7. The highest BCUT2D eigenvalue weighted by Gasteiger charge is 2.30.